The summed E-state index contributed by atoms with van der Waals surface area (Å²) in [4.78, 5) is 17.7. The number of fused-ring (bicyclic) bond motifs is 2. The summed E-state index contributed by atoms with van der Waals surface area (Å²) in [6.07, 6.45) is 2.28. The molecule has 34 heavy (non-hydrogen) atoms. The van der Waals surface area contributed by atoms with Crippen molar-refractivity contribution in [2.75, 3.05) is 32.8 Å². The molecule has 0 atom stereocenters. The largest absolute Gasteiger partial charge is 0.486 e. The van der Waals surface area contributed by atoms with Crippen LogP contribution in [0.3, 0.4) is 0 Å². The Morgan fingerprint density at radius 3 is 2.59 bits per heavy atom. The predicted octanol–water partition coefficient (Wildman–Crippen LogP) is 3.20. The number of halogens is 1. The lowest BCUT2D eigenvalue weighted by atomic mass is 9.99. The second-order valence-electron chi connectivity index (χ2n) is 9.44. The molecule has 0 N–H and O–H groups in total. The molecule has 1 aromatic heterocycles. The average molecular weight is 571 g/mol. The maximum absolute atomic E-state index is 12.8. The van der Waals surface area contributed by atoms with Gasteiger partial charge < -0.3 is 23.8 Å². The first-order valence-corrected chi connectivity index (χ1v) is 13.2. The van der Waals surface area contributed by atoms with Gasteiger partial charge in [-0.2, -0.15) is 0 Å². The molecule has 6 nitrogen and oxygen atoms in total. The Balaban J connectivity index is 1.17. The van der Waals surface area contributed by atoms with Crippen molar-refractivity contribution in [2.24, 2.45) is 0 Å². The number of pyridine rings is 1. The number of rotatable bonds is 6. The molecule has 0 spiro atoms. The van der Waals surface area contributed by atoms with Crippen molar-refractivity contribution in [2.45, 2.75) is 38.9 Å². The van der Waals surface area contributed by atoms with Gasteiger partial charge in [-0.25, -0.2) is 0 Å². The molecule has 1 fully saturated rings. The highest BCUT2D eigenvalue weighted by Gasteiger charge is 2.23. The van der Waals surface area contributed by atoms with Crippen molar-refractivity contribution in [1.82, 2.24) is 14.3 Å². The van der Waals surface area contributed by atoms with Crippen LogP contribution in [0, 0.1) is 10.5 Å². The summed E-state index contributed by atoms with van der Waals surface area (Å²) in [6.45, 7) is 7.93. The van der Waals surface area contributed by atoms with E-state index in [1.165, 1.54) is 10.9 Å². The minimum absolute atomic E-state index is 0.0982. The summed E-state index contributed by atoms with van der Waals surface area (Å²) < 4.78 is 14.5. The van der Waals surface area contributed by atoms with Gasteiger partial charge in [0.1, 0.15) is 13.2 Å². The molecule has 1 saturated heterocycles. The second kappa shape index (κ2) is 10.3. The lowest BCUT2D eigenvalue weighted by Gasteiger charge is -2.37. The average Bonchev–Trinajstić information content (AvgIpc) is 2.84. The molecule has 178 valence electrons. The fourth-order valence-electron chi connectivity index (χ4n) is 5.18. The minimum atomic E-state index is 0.0982. The molecule has 2 aliphatic heterocycles. The monoisotopic (exact) mass is 571 g/mol. The summed E-state index contributed by atoms with van der Waals surface area (Å²) in [5.41, 5.74) is 3.45. The van der Waals surface area contributed by atoms with Crippen LogP contribution in [0.1, 0.15) is 24.0 Å². The molecule has 2 aliphatic rings. The molecule has 5 rings (SSSR count). The number of hydrogen-bond acceptors (Lipinski definition) is 5. The van der Waals surface area contributed by atoms with Crippen LogP contribution in [0.15, 0.2) is 47.3 Å². The molecule has 0 radical (unpaired) electrons. The number of aromatic nitrogens is 1. The number of aryl methyl sites for hydroxylation is 1. The lowest BCUT2D eigenvalue weighted by Crippen LogP contribution is -2.44. The van der Waals surface area contributed by atoms with Crippen molar-refractivity contribution < 1.29 is 9.47 Å². The number of nitrogens with zero attached hydrogens (tertiary/aromatic N) is 3. The highest BCUT2D eigenvalue weighted by molar-refractivity contribution is 14.1. The third kappa shape index (κ3) is 5.14. The predicted molar refractivity (Wildman–Crippen MR) is 147 cm³/mol. The van der Waals surface area contributed by atoms with Gasteiger partial charge in [0, 0.05) is 40.7 Å². The van der Waals surface area contributed by atoms with E-state index in [1.807, 2.05) is 17.6 Å². The highest BCUT2D eigenvalue weighted by Crippen LogP contribution is 2.31. The van der Waals surface area contributed by atoms with E-state index in [1.54, 1.807) is 6.07 Å². The first-order chi connectivity index (χ1) is 16.5. The molecule has 8 heteroatoms. The second-order valence-corrected chi connectivity index (χ2v) is 10.7. The van der Waals surface area contributed by atoms with E-state index in [-0.39, 0.29) is 5.56 Å². The highest BCUT2D eigenvalue weighted by atomic mass is 127. The van der Waals surface area contributed by atoms with Gasteiger partial charge in [-0.3, -0.25) is 4.79 Å². The molecule has 3 heterocycles. The number of hydrogen-bond donors (Lipinski definition) is 0. The summed E-state index contributed by atoms with van der Waals surface area (Å²) >= 11 is 2.32. The fourth-order valence-corrected chi connectivity index (χ4v) is 5.65. The molecule has 0 unspecified atom stereocenters. The maximum Gasteiger partial charge on any atom is 0.251 e. The molecule has 2 aromatic carbocycles. The number of likely N-dealkylation sites (tertiary alicyclic amines) is 1. The van der Waals surface area contributed by atoms with Crippen molar-refractivity contribution in [3.8, 4) is 11.5 Å². The summed E-state index contributed by atoms with van der Waals surface area (Å²) in [7, 11) is 2.22. The van der Waals surface area contributed by atoms with Gasteiger partial charge in [0.2, 0.25) is 0 Å². The number of piperidine rings is 1. The first-order valence-electron chi connectivity index (χ1n) is 12.1. The summed E-state index contributed by atoms with van der Waals surface area (Å²) in [6, 6.07) is 15.0. The van der Waals surface area contributed by atoms with Crippen molar-refractivity contribution in [1.29, 1.82) is 0 Å². The van der Waals surface area contributed by atoms with Gasteiger partial charge in [0.25, 0.3) is 5.56 Å². The molecule has 0 saturated carbocycles. The van der Waals surface area contributed by atoms with E-state index in [2.05, 4.69) is 70.6 Å². The van der Waals surface area contributed by atoms with E-state index < -0.39 is 0 Å². The fraction of sp³-hybridized carbons (Fsp3) is 0.423. The van der Waals surface area contributed by atoms with E-state index >= 15 is 0 Å². The molecular formula is C26H31BIN3O3. The van der Waals surface area contributed by atoms with E-state index in [0.717, 1.165) is 71.7 Å². The Bertz CT molecular complexity index is 1240. The molecule has 3 aromatic rings. The Morgan fingerprint density at radius 2 is 1.79 bits per heavy atom. The Hall–Kier alpha value is -2.04. The molecule has 0 aliphatic carbocycles. The van der Waals surface area contributed by atoms with Crippen LogP contribution >= 0.6 is 22.6 Å². The van der Waals surface area contributed by atoms with Crippen molar-refractivity contribution >= 4 is 41.5 Å². The zero-order chi connectivity index (χ0) is 23.7. The quantitative estimate of drug-likeness (QED) is 0.336. The number of ether oxygens (including phenoxy) is 2. The summed E-state index contributed by atoms with van der Waals surface area (Å²) in [5.74, 6) is 1.71. The van der Waals surface area contributed by atoms with Crippen LogP contribution in [0.25, 0.3) is 10.9 Å². The first kappa shape index (κ1) is 23.7. The zero-order valence-corrected chi connectivity index (χ0v) is 22.1. The minimum Gasteiger partial charge on any atom is -0.486 e. The standard InChI is InChI=1S/C26H31BIN3O3/c1-18-14-26(32)30(23-16-20(28)3-4-22(18)23)11-10-29-8-6-21(7-9-29)31(27)17-19-2-5-24-25(15-19)34-13-12-33-24/h2-5,14-16,21H,6-13,17,27H2,1H3. The molecular weight excluding hydrogens is 540 g/mol. The molecule has 0 amide bonds. The van der Waals surface area contributed by atoms with Crippen molar-refractivity contribution in [3.63, 3.8) is 0 Å². The van der Waals surface area contributed by atoms with Gasteiger partial charge in [-0.15, -0.1) is 0 Å². The molecule has 0 bridgehead atoms. The van der Waals surface area contributed by atoms with Crippen LogP contribution in [0.4, 0.5) is 0 Å². The van der Waals surface area contributed by atoms with Gasteiger partial charge in [-0.1, -0.05) is 12.1 Å². The van der Waals surface area contributed by atoms with Gasteiger partial charge >= 0.3 is 0 Å². The lowest BCUT2D eigenvalue weighted by molar-refractivity contribution is 0.153. The van der Waals surface area contributed by atoms with Crippen molar-refractivity contribution in [3.05, 3.63) is 67.5 Å². The smallest absolute Gasteiger partial charge is 0.251 e. The van der Waals surface area contributed by atoms with Gasteiger partial charge in [-0.05, 0) is 90.8 Å². The topological polar surface area (TPSA) is 46.9 Å². The van der Waals surface area contributed by atoms with Crippen LogP contribution in [-0.4, -0.2) is 61.1 Å². The number of benzene rings is 2. The Labute approximate surface area is 215 Å². The maximum atomic E-state index is 12.8. The van der Waals surface area contributed by atoms with E-state index in [4.69, 9.17) is 9.47 Å². The third-order valence-corrected chi connectivity index (χ3v) is 7.81. The van der Waals surface area contributed by atoms with Crippen LogP contribution in [-0.2, 0) is 13.1 Å². The summed E-state index contributed by atoms with van der Waals surface area (Å²) in [5, 5.41) is 1.17. The normalized spacial score (nSPS) is 16.9. The SMILES string of the molecule is BN(Cc1ccc2c(c1)OCCO2)C1CCN(CCn2c(=O)cc(C)c3ccc(I)cc32)CC1. The van der Waals surface area contributed by atoms with Gasteiger partial charge in [0.05, 0.1) is 5.52 Å². The Morgan fingerprint density at radius 1 is 1.03 bits per heavy atom. The van der Waals surface area contributed by atoms with Gasteiger partial charge in [0.15, 0.2) is 19.5 Å². The van der Waals surface area contributed by atoms with Crippen LogP contribution < -0.4 is 15.0 Å². The van der Waals surface area contributed by atoms with Crippen LogP contribution in [0.5, 0.6) is 11.5 Å². The van der Waals surface area contributed by atoms with Crippen LogP contribution in [0.2, 0.25) is 0 Å². The van der Waals surface area contributed by atoms with E-state index in [9.17, 15) is 4.79 Å². The third-order valence-electron chi connectivity index (χ3n) is 7.14. The zero-order valence-electron chi connectivity index (χ0n) is 19.9. The Kier molecular flexibility index (Phi) is 7.18. The van der Waals surface area contributed by atoms with E-state index in [0.29, 0.717) is 19.3 Å².